The van der Waals surface area contributed by atoms with Crippen molar-refractivity contribution in [2.24, 2.45) is 11.3 Å². The van der Waals surface area contributed by atoms with E-state index in [1.165, 1.54) is 19.8 Å². The molecule has 0 radical (unpaired) electrons. The summed E-state index contributed by atoms with van der Waals surface area (Å²) in [6.45, 7) is 2.18. The van der Waals surface area contributed by atoms with Crippen molar-refractivity contribution in [3.63, 3.8) is 0 Å². The highest BCUT2D eigenvalue weighted by Crippen LogP contribution is 2.73. The van der Waals surface area contributed by atoms with Gasteiger partial charge in [0.1, 0.15) is 0 Å². The number of benzene rings is 1. The number of carbonyl (C=O) groups is 2. The van der Waals surface area contributed by atoms with Crippen molar-refractivity contribution < 1.29 is 19.1 Å². The molecule has 0 N–H and O–H groups in total. The number of esters is 2. The number of nitrogens with zero attached hydrogens (tertiary/aromatic N) is 1. The zero-order chi connectivity index (χ0) is 18.7. The third-order valence-corrected chi connectivity index (χ3v) is 7.64. The molecular formula is C21H27NO4. The molecular weight excluding hydrogens is 330 g/mol. The Balaban J connectivity index is 2.09. The van der Waals surface area contributed by atoms with Crippen molar-refractivity contribution in [3.05, 3.63) is 29.8 Å². The fourth-order valence-electron chi connectivity index (χ4n) is 6.93. The van der Waals surface area contributed by atoms with E-state index in [9.17, 15) is 9.59 Å². The summed E-state index contributed by atoms with van der Waals surface area (Å²) in [5.41, 5.74) is 0.215. The van der Waals surface area contributed by atoms with Crippen LogP contribution in [-0.4, -0.2) is 38.7 Å². The largest absolute Gasteiger partial charge is 0.468 e. The minimum absolute atomic E-state index is 0.173. The number of ether oxygens (including phenoxy) is 2. The first-order valence-corrected chi connectivity index (χ1v) is 9.44. The summed E-state index contributed by atoms with van der Waals surface area (Å²) in [6, 6.07) is 8.38. The van der Waals surface area contributed by atoms with Gasteiger partial charge in [0.2, 0.25) is 0 Å². The summed E-state index contributed by atoms with van der Waals surface area (Å²) >= 11 is 0. The monoisotopic (exact) mass is 357 g/mol. The zero-order valence-corrected chi connectivity index (χ0v) is 16.0. The standard InChI is InChI=1S/C21H27NO4/c1-14-13-20(17(23)25-3,18(24)26-4)21-12-8-7-11-19(14,21)15-9-5-6-10-16(15)22(21)2/h5-6,9-10,14H,7-8,11-13H2,1-4H3/t14-,19-,21+/m1/s1. The number of anilines is 1. The third kappa shape index (κ3) is 1.55. The maximum atomic E-state index is 13.2. The molecule has 0 amide bonds. The van der Waals surface area contributed by atoms with Crippen LogP contribution in [0.4, 0.5) is 5.69 Å². The molecule has 0 bridgehead atoms. The van der Waals surface area contributed by atoms with Gasteiger partial charge in [-0.15, -0.1) is 0 Å². The molecule has 3 aliphatic rings. The number of hydrogen-bond donors (Lipinski definition) is 0. The third-order valence-electron chi connectivity index (χ3n) is 7.64. The lowest BCUT2D eigenvalue weighted by Crippen LogP contribution is -2.69. The predicted octanol–water partition coefficient (Wildman–Crippen LogP) is 3.06. The minimum atomic E-state index is -1.30. The molecule has 0 unspecified atom stereocenters. The Labute approximate surface area is 154 Å². The summed E-state index contributed by atoms with van der Waals surface area (Å²) in [5.74, 6) is -0.744. The van der Waals surface area contributed by atoms with Crippen molar-refractivity contribution in [1.29, 1.82) is 0 Å². The van der Waals surface area contributed by atoms with E-state index in [1.54, 1.807) is 0 Å². The molecule has 2 fully saturated rings. The predicted molar refractivity (Wildman–Crippen MR) is 98.0 cm³/mol. The van der Waals surface area contributed by atoms with E-state index in [0.29, 0.717) is 6.42 Å². The fourth-order valence-corrected chi connectivity index (χ4v) is 6.93. The van der Waals surface area contributed by atoms with E-state index in [-0.39, 0.29) is 11.3 Å². The van der Waals surface area contributed by atoms with Crippen LogP contribution >= 0.6 is 0 Å². The summed E-state index contributed by atoms with van der Waals surface area (Å²) in [4.78, 5) is 28.6. The average molecular weight is 357 g/mol. The van der Waals surface area contributed by atoms with Crippen LogP contribution in [0, 0.1) is 11.3 Å². The molecule has 0 saturated heterocycles. The Bertz CT molecular complexity index is 759. The van der Waals surface area contributed by atoms with Crippen LogP contribution in [0.1, 0.15) is 44.6 Å². The van der Waals surface area contributed by atoms with Crippen molar-refractivity contribution in [2.45, 2.75) is 50.0 Å². The summed E-state index contributed by atoms with van der Waals surface area (Å²) < 4.78 is 10.5. The van der Waals surface area contributed by atoms with Crippen LogP contribution in [0.25, 0.3) is 0 Å². The molecule has 0 spiro atoms. The number of methoxy groups -OCH3 is 2. The molecule has 4 rings (SSSR count). The van der Waals surface area contributed by atoms with Gasteiger partial charge in [0.05, 0.1) is 19.8 Å². The summed E-state index contributed by atoms with van der Waals surface area (Å²) in [5, 5.41) is 0. The average Bonchev–Trinajstić information content (AvgIpc) is 3.07. The normalized spacial score (nSPS) is 33.8. The number of fused-ring (bicyclic) bond motifs is 1. The van der Waals surface area contributed by atoms with Gasteiger partial charge >= 0.3 is 11.9 Å². The maximum Gasteiger partial charge on any atom is 0.325 e. The lowest BCUT2D eigenvalue weighted by atomic mass is 9.53. The van der Waals surface area contributed by atoms with Crippen LogP contribution < -0.4 is 4.90 Å². The van der Waals surface area contributed by atoms with Crippen LogP contribution in [0.3, 0.4) is 0 Å². The van der Waals surface area contributed by atoms with Gasteiger partial charge in [-0.25, -0.2) is 0 Å². The molecule has 3 atom stereocenters. The van der Waals surface area contributed by atoms with Gasteiger partial charge in [-0.05, 0) is 36.8 Å². The van der Waals surface area contributed by atoms with Gasteiger partial charge in [-0.2, -0.15) is 0 Å². The van der Waals surface area contributed by atoms with Gasteiger partial charge < -0.3 is 14.4 Å². The van der Waals surface area contributed by atoms with E-state index >= 15 is 0 Å². The molecule has 140 valence electrons. The molecule has 2 saturated carbocycles. The molecule has 1 aromatic carbocycles. The highest BCUT2D eigenvalue weighted by molar-refractivity contribution is 6.04. The van der Waals surface area contributed by atoms with Gasteiger partial charge in [0.15, 0.2) is 5.41 Å². The lowest BCUT2D eigenvalue weighted by molar-refractivity contribution is -0.175. The highest BCUT2D eigenvalue weighted by Gasteiger charge is 2.82. The van der Waals surface area contributed by atoms with Crippen molar-refractivity contribution in [2.75, 3.05) is 26.2 Å². The van der Waals surface area contributed by atoms with Crippen LogP contribution in [0.5, 0.6) is 0 Å². The van der Waals surface area contributed by atoms with Gasteiger partial charge in [-0.1, -0.05) is 38.0 Å². The molecule has 26 heavy (non-hydrogen) atoms. The Kier molecular flexibility index (Phi) is 3.66. The number of likely N-dealkylation sites (N-methyl/N-ethyl adjacent to an activating group) is 1. The second kappa shape index (κ2) is 5.48. The minimum Gasteiger partial charge on any atom is -0.468 e. The van der Waals surface area contributed by atoms with Gasteiger partial charge in [0, 0.05) is 18.2 Å². The quantitative estimate of drug-likeness (QED) is 0.601. The smallest absolute Gasteiger partial charge is 0.325 e. The Hall–Kier alpha value is -2.04. The first kappa shape index (κ1) is 17.4. The van der Waals surface area contributed by atoms with Gasteiger partial charge in [0.25, 0.3) is 0 Å². The number of para-hydroxylation sites is 1. The van der Waals surface area contributed by atoms with Gasteiger partial charge in [-0.3, -0.25) is 9.59 Å². The van der Waals surface area contributed by atoms with Crippen molar-refractivity contribution in [1.82, 2.24) is 0 Å². The molecule has 1 aliphatic heterocycles. The summed E-state index contributed by atoms with van der Waals surface area (Å²) in [6.07, 6.45) is 4.32. The Morgan fingerprint density at radius 1 is 1.08 bits per heavy atom. The molecule has 0 aromatic heterocycles. The highest BCUT2D eigenvalue weighted by atomic mass is 16.5. The van der Waals surface area contributed by atoms with E-state index in [1.807, 2.05) is 13.1 Å². The van der Waals surface area contributed by atoms with E-state index in [2.05, 4.69) is 30.0 Å². The molecule has 2 aliphatic carbocycles. The van der Waals surface area contributed by atoms with Crippen molar-refractivity contribution in [3.8, 4) is 0 Å². The molecule has 5 nitrogen and oxygen atoms in total. The lowest BCUT2D eigenvalue weighted by Gasteiger charge is -2.55. The van der Waals surface area contributed by atoms with Crippen molar-refractivity contribution >= 4 is 17.6 Å². The second-order valence-corrected chi connectivity index (χ2v) is 8.11. The first-order valence-electron chi connectivity index (χ1n) is 9.44. The van der Waals surface area contributed by atoms with E-state index in [0.717, 1.165) is 31.4 Å². The maximum absolute atomic E-state index is 13.2. The molecule has 1 heterocycles. The Morgan fingerprint density at radius 3 is 2.35 bits per heavy atom. The van der Waals surface area contributed by atoms with Crippen LogP contribution in [-0.2, 0) is 24.5 Å². The zero-order valence-electron chi connectivity index (χ0n) is 16.0. The van der Waals surface area contributed by atoms with Crippen LogP contribution in [0.15, 0.2) is 24.3 Å². The first-order chi connectivity index (χ1) is 12.4. The number of rotatable bonds is 2. The number of hydrogen-bond acceptors (Lipinski definition) is 5. The Morgan fingerprint density at radius 2 is 1.69 bits per heavy atom. The van der Waals surface area contributed by atoms with E-state index < -0.39 is 22.9 Å². The van der Waals surface area contributed by atoms with Crippen LogP contribution in [0.2, 0.25) is 0 Å². The fraction of sp³-hybridized carbons (Fsp3) is 0.619. The number of carbonyl (C=O) groups excluding carboxylic acids is 2. The van der Waals surface area contributed by atoms with E-state index in [4.69, 9.17) is 9.47 Å². The SMILES string of the molecule is COC(=O)C1(C(=O)OC)C[C@@H](C)[C@@]23CCCC[C@@]12N(C)c1ccccc13. The molecule has 1 aromatic rings. The topological polar surface area (TPSA) is 55.8 Å². The summed E-state index contributed by atoms with van der Waals surface area (Å²) in [7, 11) is 4.78. The second-order valence-electron chi connectivity index (χ2n) is 8.11. The molecule has 5 heteroatoms.